The van der Waals surface area contributed by atoms with Gasteiger partial charge in [0.2, 0.25) is 5.91 Å². The molecule has 1 aromatic rings. The van der Waals surface area contributed by atoms with E-state index >= 15 is 0 Å². The van der Waals surface area contributed by atoms with E-state index in [4.69, 9.17) is 5.73 Å². The second kappa shape index (κ2) is 5.98. The fourth-order valence-corrected chi connectivity index (χ4v) is 2.30. The summed E-state index contributed by atoms with van der Waals surface area (Å²) in [7, 11) is 0. The van der Waals surface area contributed by atoms with Crippen molar-refractivity contribution in [2.75, 3.05) is 32.7 Å². The summed E-state index contributed by atoms with van der Waals surface area (Å²) in [5.74, 6) is -0.363. The zero-order valence-electron chi connectivity index (χ0n) is 10.9. The third kappa shape index (κ3) is 3.31. The number of hydrogen-bond donors (Lipinski definition) is 1. The number of carbonyl (C=O) groups is 1. The highest BCUT2D eigenvalue weighted by Gasteiger charge is 2.15. The van der Waals surface area contributed by atoms with Gasteiger partial charge in [0, 0.05) is 38.3 Å². The monoisotopic (exact) mass is 247 g/mol. The maximum atomic E-state index is 11.0. The van der Waals surface area contributed by atoms with Gasteiger partial charge in [-0.15, -0.1) is 0 Å². The number of hydrogen-bond acceptors (Lipinski definition) is 3. The molecule has 2 N–H and O–H groups in total. The average molecular weight is 247 g/mol. The van der Waals surface area contributed by atoms with E-state index in [1.807, 2.05) is 12.1 Å². The summed E-state index contributed by atoms with van der Waals surface area (Å²) >= 11 is 0. The maximum Gasteiger partial charge on any atom is 0.248 e. The Morgan fingerprint density at radius 3 is 2.17 bits per heavy atom. The van der Waals surface area contributed by atoms with Crippen molar-refractivity contribution < 1.29 is 4.79 Å². The molecule has 1 heterocycles. The molecule has 0 radical (unpaired) electrons. The summed E-state index contributed by atoms with van der Waals surface area (Å²) < 4.78 is 0. The maximum absolute atomic E-state index is 11.0. The van der Waals surface area contributed by atoms with Gasteiger partial charge in [0.05, 0.1) is 0 Å². The van der Waals surface area contributed by atoms with Crippen molar-refractivity contribution in [3.8, 4) is 0 Å². The number of benzene rings is 1. The fraction of sp³-hybridized carbons (Fsp3) is 0.500. The summed E-state index contributed by atoms with van der Waals surface area (Å²) in [5.41, 5.74) is 7.04. The number of nitrogens with two attached hydrogens (primary N) is 1. The van der Waals surface area contributed by atoms with Gasteiger partial charge >= 0.3 is 0 Å². The molecular weight excluding hydrogens is 226 g/mol. The van der Waals surface area contributed by atoms with Crippen LogP contribution in [-0.2, 0) is 6.54 Å². The second-order valence-electron chi connectivity index (χ2n) is 4.77. The Balaban J connectivity index is 1.88. The van der Waals surface area contributed by atoms with Gasteiger partial charge in [0.25, 0.3) is 0 Å². The number of primary amides is 1. The van der Waals surface area contributed by atoms with Gasteiger partial charge in [-0.25, -0.2) is 0 Å². The van der Waals surface area contributed by atoms with Crippen LogP contribution in [0.2, 0.25) is 0 Å². The minimum absolute atomic E-state index is 0.363. The Kier molecular flexibility index (Phi) is 4.33. The number of carbonyl (C=O) groups excluding carboxylic acids is 1. The van der Waals surface area contributed by atoms with Gasteiger partial charge in [0.1, 0.15) is 0 Å². The van der Waals surface area contributed by atoms with Crippen LogP contribution in [0.25, 0.3) is 0 Å². The van der Waals surface area contributed by atoms with Crippen molar-refractivity contribution >= 4 is 5.91 Å². The van der Waals surface area contributed by atoms with Crippen molar-refractivity contribution in [3.63, 3.8) is 0 Å². The predicted octanol–water partition coefficient (Wildman–Crippen LogP) is 0.923. The molecule has 1 aliphatic rings. The molecule has 1 aromatic carbocycles. The van der Waals surface area contributed by atoms with Crippen LogP contribution in [-0.4, -0.2) is 48.4 Å². The molecule has 0 aromatic heterocycles. The first kappa shape index (κ1) is 13.1. The SMILES string of the molecule is CCN1CCN(Cc2ccc(C(N)=O)cc2)CC1. The summed E-state index contributed by atoms with van der Waals surface area (Å²) in [5, 5.41) is 0. The molecule has 0 aliphatic carbocycles. The van der Waals surface area contributed by atoms with Crippen molar-refractivity contribution in [2.24, 2.45) is 5.73 Å². The highest BCUT2D eigenvalue weighted by atomic mass is 16.1. The number of piperazine rings is 1. The molecule has 4 heteroatoms. The lowest BCUT2D eigenvalue weighted by atomic mass is 10.1. The largest absolute Gasteiger partial charge is 0.366 e. The molecule has 1 fully saturated rings. The smallest absolute Gasteiger partial charge is 0.248 e. The van der Waals surface area contributed by atoms with E-state index in [1.54, 1.807) is 12.1 Å². The van der Waals surface area contributed by atoms with Gasteiger partial charge < -0.3 is 10.6 Å². The first-order valence-electron chi connectivity index (χ1n) is 6.52. The van der Waals surface area contributed by atoms with E-state index in [1.165, 1.54) is 5.56 Å². The lowest BCUT2D eigenvalue weighted by Gasteiger charge is -2.34. The molecule has 0 bridgehead atoms. The molecule has 1 aliphatic heterocycles. The Morgan fingerprint density at radius 1 is 1.11 bits per heavy atom. The van der Waals surface area contributed by atoms with E-state index in [-0.39, 0.29) is 5.91 Å². The molecule has 0 atom stereocenters. The van der Waals surface area contributed by atoms with Gasteiger partial charge in [-0.1, -0.05) is 19.1 Å². The van der Waals surface area contributed by atoms with E-state index < -0.39 is 0 Å². The van der Waals surface area contributed by atoms with Crippen LogP contribution in [0.4, 0.5) is 0 Å². The molecule has 2 rings (SSSR count). The van der Waals surface area contributed by atoms with Gasteiger partial charge in [-0.2, -0.15) is 0 Å². The number of nitrogens with zero attached hydrogens (tertiary/aromatic N) is 2. The van der Waals surface area contributed by atoms with Crippen LogP contribution in [0.15, 0.2) is 24.3 Å². The van der Waals surface area contributed by atoms with Crippen molar-refractivity contribution in [2.45, 2.75) is 13.5 Å². The van der Waals surface area contributed by atoms with E-state index in [0.29, 0.717) is 5.56 Å². The first-order chi connectivity index (χ1) is 8.69. The van der Waals surface area contributed by atoms with E-state index in [9.17, 15) is 4.79 Å². The molecular formula is C14H21N3O. The van der Waals surface area contributed by atoms with Crippen LogP contribution < -0.4 is 5.73 Å². The summed E-state index contributed by atoms with van der Waals surface area (Å²) in [6.45, 7) is 8.83. The van der Waals surface area contributed by atoms with Crippen LogP contribution in [0.1, 0.15) is 22.8 Å². The van der Waals surface area contributed by atoms with Gasteiger partial charge in [0.15, 0.2) is 0 Å². The first-order valence-corrected chi connectivity index (χ1v) is 6.52. The molecule has 0 spiro atoms. The summed E-state index contributed by atoms with van der Waals surface area (Å²) in [6.07, 6.45) is 0. The zero-order valence-corrected chi connectivity index (χ0v) is 10.9. The molecule has 0 unspecified atom stereocenters. The number of rotatable bonds is 4. The number of likely N-dealkylation sites (N-methyl/N-ethyl adjacent to an activating group) is 1. The third-order valence-electron chi connectivity index (χ3n) is 3.56. The summed E-state index contributed by atoms with van der Waals surface area (Å²) in [6, 6.07) is 7.60. The molecule has 1 saturated heterocycles. The normalized spacial score (nSPS) is 17.8. The topological polar surface area (TPSA) is 49.6 Å². The minimum atomic E-state index is -0.363. The molecule has 98 valence electrons. The Hall–Kier alpha value is -1.39. The zero-order chi connectivity index (χ0) is 13.0. The van der Waals surface area contributed by atoms with Crippen LogP contribution in [0, 0.1) is 0 Å². The summed E-state index contributed by atoms with van der Waals surface area (Å²) in [4.78, 5) is 15.9. The standard InChI is InChI=1S/C14H21N3O/c1-2-16-7-9-17(10-8-16)11-12-3-5-13(6-4-12)14(15)18/h3-6H,2,7-11H2,1H3,(H2,15,18). The van der Waals surface area contributed by atoms with Crippen LogP contribution >= 0.6 is 0 Å². The Labute approximate surface area is 108 Å². The second-order valence-corrected chi connectivity index (χ2v) is 4.77. The van der Waals surface area contributed by atoms with Crippen LogP contribution in [0.3, 0.4) is 0 Å². The van der Waals surface area contributed by atoms with Gasteiger partial charge in [-0.3, -0.25) is 9.69 Å². The quantitative estimate of drug-likeness (QED) is 0.861. The predicted molar refractivity (Wildman–Crippen MR) is 72.4 cm³/mol. The average Bonchev–Trinajstić information content (AvgIpc) is 2.40. The Morgan fingerprint density at radius 2 is 1.67 bits per heavy atom. The molecule has 4 nitrogen and oxygen atoms in total. The lowest BCUT2D eigenvalue weighted by molar-refractivity contribution is 0.1000. The van der Waals surface area contributed by atoms with E-state index in [2.05, 4.69) is 16.7 Å². The van der Waals surface area contributed by atoms with Crippen LogP contribution in [0.5, 0.6) is 0 Å². The van der Waals surface area contributed by atoms with Crippen molar-refractivity contribution in [1.29, 1.82) is 0 Å². The third-order valence-corrected chi connectivity index (χ3v) is 3.56. The fourth-order valence-electron chi connectivity index (χ4n) is 2.30. The Bertz CT molecular complexity index is 394. The molecule has 1 amide bonds. The number of amides is 1. The molecule has 18 heavy (non-hydrogen) atoms. The van der Waals surface area contributed by atoms with E-state index in [0.717, 1.165) is 39.3 Å². The highest BCUT2D eigenvalue weighted by molar-refractivity contribution is 5.92. The van der Waals surface area contributed by atoms with Gasteiger partial charge in [-0.05, 0) is 24.2 Å². The molecule has 0 saturated carbocycles. The highest BCUT2D eigenvalue weighted by Crippen LogP contribution is 2.09. The minimum Gasteiger partial charge on any atom is -0.366 e. The van der Waals surface area contributed by atoms with Crippen molar-refractivity contribution in [3.05, 3.63) is 35.4 Å². The lowest BCUT2D eigenvalue weighted by Crippen LogP contribution is -2.45. The van der Waals surface area contributed by atoms with Crippen molar-refractivity contribution in [1.82, 2.24) is 9.80 Å².